The fourth-order valence-electron chi connectivity index (χ4n) is 3.25. The van der Waals surface area contributed by atoms with Crippen molar-refractivity contribution in [3.05, 3.63) is 0 Å². The summed E-state index contributed by atoms with van der Waals surface area (Å²) < 4.78 is 11.3. The van der Waals surface area contributed by atoms with Gasteiger partial charge in [0.2, 0.25) is 0 Å². The van der Waals surface area contributed by atoms with Gasteiger partial charge in [-0.15, -0.1) is 0 Å². The standard InChI is InChI=1S/C15H31NO2/c1-4-16-14(10-6-9-13-17-3)15(18-5-2)11-7-8-12-15/h14,16H,4-13H2,1-3H3. The highest BCUT2D eigenvalue weighted by Crippen LogP contribution is 2.37. The molecule has 1 aliphatic carbocycles. The van der Waals surface area contributed by atoms with Crippen LogP contribution in [0.15, 0.2) is 0 Å². The first-order valence-corrected chi connectivity index (χ1v) is 7.65. The summed E-state index contributed by atoms with van der Waals surface area (Å²) in [6.45, 7) is 7.05. The van der Waals surface area contributed by atoms with Crippen molar-refractivity contribution in [3.63, 3.8) is 0 Å². The normalized spacial score (nSPS) is 20.2. The van der Waals surface area contributed by atoms with E-state index in [1.807, 2.05) is 0 Å². The van der Waals surface area contributed by atoms with Crippen LogP contribution in [0.5, 0.6) is 0 Å². The van der Waals surface area contributed by atoms with Gasteiger partial charge in [-0.1, -0.05) is 19.8 Å². The number of hydrogen-bond acceptors (Lipinski definition) is 3. The van der Waals surface area contributed by atoms with E-state index in [2.05, 4.69) is 19.2 Å². The molecular formula is C15H31NO2. The quantitative estimate of drug-likeness (QED) is 0.610. The van der Waals surface area contributed by atoms with Crippen LogP contribution in [-0.2, 0) is 9.47 Å². The fraction of sp³-hybridized carbons (Fsp3) is 1.00. The molecule has 1 atom stereocenters. The molecule has 3 nitrogen and oxygen atoms in total. The van der Waals surface area contributed by atoms with Crippen LogP contribution >= 0.6 is 0 Å². The lowest BCUT2D eigenvalue weighted by atomic mass is 9.88. The molecule has 0 saturated heterocycles. The highest BCUT2D eigenvalue weighted by Gasteiger charge is 2.41. The zero-order valence-electron chi connectivity index (χ0n) is 12.5. The number of hydrogen-bond donors (Lipinski definition) is 1. The molecule has 0 aliphatic heterocycles. The zero-order valence-corrected chi connectivity index (χ0v) is 12.5. The molecule has 0 aromatic carbocycles. The molecule has 0 aromatic heterocycles. The van der Waals surface area contributed by atoms with E-state index in [0.717, 1.165) is 26.2 Å². The molecule has 1 aliphatic rings. The third-order valence-corrected chi connectivity index (χ3v) is 4.06. The van der Waals surface area contributed by atoms with E-state index in [4.69, 9.17) is 9.47 Å². The molecule has 1 fully saturated rings. The number of ether oxygens (including phenoxy) is 2. The zero-order chi connectivity index (χ0) is 13.3. The van der Waals surface area contributed by atoms with Gasteiger partial charge in [0.15, 0.2) is 0 Å². The van der Waals surface area contributed by atoms with Gasteiger partial charge in [-0.2, -0.15) is 0 Å². The lowest BCUT2D eigenvalue weighted by Gasteiger charge is -2.38. The molecular weight excluding hydrogens is 226 g/mol. The maximum Gasteiger partial charge on any atom is 0.0834 e. The van der Waals surface area contributed by atoms with Crippen molar-refractivity contribution >= 4 is 0 Å². The van der Waals surface area contributed by atoms with E-state index in [9.17, 15) is 0 Å². The van der Waals surface area contributed by atoms with Gasteiger partial charge in [0, 0.05) is 26.4 Å². The summed E-state index contributed by atoms with van der Waals surface area (Å²) >= 11 is 0. The molecule has 1 N–H and O–H groups in total. The number of rotatable bonds is 10. The number of methoxy groups -OCH3 is 1. The third-order valence-electron chi connectivity index (χ3n) is 4.06. The van der Waals surface area contributed by atoms with Crippen LogP contribution in [0.3, 0.4) is 0 Å². The molecule has 1 saturated carbocycles. The van der Waals surface area contributed by atoms with Crippen molar-refractivity contribution in [3.8, 4) is 0 Å². The predicted molar refractivity (Wildman–Crippen MR) is 76.0 cm³/mol. The lowest BCUT2D eigenvalue weighted by molar-refractivity contribution is -0.0635. The monoisotopic (exact) mass is 257 g/mol. The Morgan fingerprint density at radius 1 is 1.17 bits per heavy atom. The fourth-order valence-corrected chi connectivity index (χ4v) is 3.25. The minimum absolute atomic E-state index is 0.109. The highest BCUT2D eigenvalue weighted by atomic mass is 16.5. The van der Waals surface area contributed by atoms with Crippen LogP contribution in [0.2, 0.25) is 0 Å². The minimum atomic E-state index is 0.109. The van der Waals surface area contributed by atoms with E-state index >= 15 is 0 Å². The Morgan fingerprint density at radius 2 is 1.89 bits per heavy atom. The second kappa shape index (κ2) is 8.89. The smallest absolute Gasteiger partial charge is 0.0834 e. The van der Waals surface area contributed by atoms with Gasteiger partial charge in [0.05, 0.1) is 5.60 Å². The van der Waals surface area contributed by atoms with Gasteiger partial charge < -0.3 is 14.8 Å². The molecule has 0 radical (unpaired) electrons. The van der Waals surface area contributed by atoms with E-state index in [-0.39, 0.29) is 5.60 Å². The topological polar surface area (TPSA) is 30.5 Å². The summed E-state index contributed by atoms with van der Waals surface area (Å²) in [5.41, 5.74) is 0.109. The van der Waals surface area contributed by atoms with Crippen molar-refractivity contribution in [2.45, 2.75) is 70.4 Å². The Morgan fingerprint density at radius 3 is 2.44 bits per heavy atom. The summed E-state index contributed by atoms with van der Waals surface area (Å²) in [6.07, 6.45) is 8.67. The van der Waals surface area contributed by atoms with Crippen LogP contribution < -0.4 is 5.32 Å². The lowest BCUT2D eigenvalue weighted by Crippen LogP contribution is -2.51. The highest BCUT2D eigenvalue weighted by molar-refractivity contribution is 4.96. The van der Waals surface area contributed by atoms with Gasteiger partial charge in [-0.3, -0.25) is 0 Å². The second-order valence-electron chi connectivity index (χ2n) is 5.30. The summed E-state index contributed by atoms with van der Waals surface area (Å²) in [7, 11) is 1.78. The molecule has 1 rings (SSSR count). The molecule has 3 heteroatoms. The molecule has 108 valence electrons. The molecule has 0 spiro atoms. The van der Waals surface area contributed by atoms with Crippen molar-refractivity contribution in [1.29, 1.82) is 0 Å². The number of unbranched alkanes of at least 4 members (excludes halogenated alkanes) is 1. The number of likely N-dealkylation sites (N-methyl/N-ethyl adjacent to an activating group) is 1. The van der Waals surface area contributed by atoms with E-state index < -0.39 is 0 Å². The largest absolute Gasteiger partial charge is 0.385 e. The summed E-state index contributed by atoms with van der Waals surface area (Å²) in [5.74, 6) is 0. The molecule has 0 heterocycles. The van der Waals surface area contributed by atoms with Gasteiger partial charge >= 0.3 is 0 Å². The second-order valence-corrected chi connectivity index (χ2v) is 5.30. The molecule has 0 amide bonds. The van der Waals surface area contributed by atoms with Crippen molar-refractivity contribution in [2.75, 3.05) is 26.9 Å². The van der Waals surface area contributed by atoms with Crippen LogP contribution in [0.4, 0.5) is 0 Å². The van der Waals surface area contributed by atoms with Crippen molar-refractivity contribution in [2.24, 2.45) is 0 Å². The van der Waals surface area contributed by atoms with E-state index in [0.29, 0.717) is 6.04 Å². The van der Waals surface area contributed by atoms with Crippen LogP contribution in [0.1, 0.15) is 58.8 Å². The van der Waals surface area contributed by atoms with E-state index in [1.54, 1.807) is 7.11 Å². The summed E-state index contributed by atoms with van der Waals surface area (Å²) in [6, 6.07) is 0.516. The van der Waals surface area contributed by atoms with E-state index in [1.165, 1.54) is 38.5 Å². The Balaban J connectivity index is 2.50. The van der Waals surface area contributed by atoms with Crippen LogP contribution in [0, 0.1) is 0 Å². The first-order chi connectivity index (χ1) is 8.79. The summed E-state index contributed by atoms with van der Waals surface area (Å²) in [5, 5.41) is 3.66. The third kappa shape index (κ3) is 4.52. The van der Waals surface area contributed by atoms with Crippen LogP contribution in [0.25, 0.3) is 0 Å². The van der Waals surface area contributed by atoms with Gasteiger partial charge in [-0.05, 0) is 45.6 Å². The van der Waals surface area contributed by atoms with Crippen LogP contribution in [-0.4, -0.2) is 38.5 Å². The molecule has 0 bridgehead atoms. The Bertz CT molecular complexity index is 203. The maximum absolute atomic E-state index is 6.17. The van der Waals surface area contributed by atoms with Gasteiger partial charge in [-0.25, -0.2) is 0 Å². The Hall–Kier alpha value is -0.120. The average Bonchev–Trinajstić information content (AvgIpc) is 2.83. The first-order valence-electron chi connectivity index (χ1n) is 7.65. The van der Waals surface area contributed by atoms with Crippen molar-refractivity contribution in [1.82, 2.24) is 5.32 Å². The summed E-state index contributed by atoms with van der Waals surface area (Å²) in [4.78, 5) is 0. The van der Waals surface area contributed by atoms with Gasteiger partial charge in [0.1, 0.15) is 0 Å². The predicted octanol–water partition coefficient (Wildman–Crippen LogP) is 3.13. The first kappa shape index (κ1) is 15.9. The molecule has 1 unspecified atom stereocenters. The SMILES string of the molecule is CCNC(CCCCOC)C1(OCC)CCCC1. The van der Waals surface area contributed by atoms with Gasteiger partial charge in [0.25, 0.3) is 0 Å². The Kier molecular flexibility index (Phi) is 7.87. The molecule has 0 aromatic rings. The minimum Gasteiger partial charge on any atom is -0.385 e. The van der Waals surface area contributed by atoms with Crippen molar-refractivity contribution < 1.29 is 9.47 Å². The number of nitrogens with one attached hydrogen (secondary N) is 1. The Labute approximate surface area is 113 Å². The average molecular weight is 257 g/mol. The molecule has 18 heavy (non-hydrogen) atoms. The maximum atomic E-state index is 6.17.